The second kappa shape index (κ2) is 10.2. The minimum Gasteiger partial charge on any atom is -0.494 e. The third-order valence-corrected chi connectivity index (χ3v) is 4.36. The number of nitrogens with one attached hydrogen (secondary N) is 2. The van der Waals surface area contributed by atoms with Gasteiger partial charge in [-0.05, 0) is 60.5 Å². The van der Waals surface area contributed by atoms with Crippen molar-refractivity contribution in [1.82, 2.24) is 5.32 Å². The molecular formula is C24H23FN2O3. The second-order valence-electron chi connectivity index (χ2n) is 6.70. The van der Waals surface area contributed by atoms with Gasteiger partial charge in [0.15, 0.2) is 0 Å². The molecule has 0 bridgehead atoms. The number of carbonyl (C=O) groups excluding carboxylic acids is 2. The van der Waals surface area contributed by atoms with Crippen molar-refractivity contribution in [3.05, 3.63) is 95.3 Å². The molecule has 2 amide bonds. The number of anilines is 1. The van der Waals surface area contributed by atoms with E-state index >= 15 is 0 Å². The first-order chi connectivity index (χ1) is 14.5. The molecule has 0 atom stereocenters. The monoisotopic (exact) mass is 406 g/mol. The fourth-order valence-corrected chi connectivity index (χ4v) is 2.91. The lowest BCUT2D eigenvalue weighted by atomic mass is 10.1. The van der Waals surface area contributed by atoms with E-state index in [4.69, 9.17) is 4.74 Å². The molecule has 0 unspecified atom stereocenters. The van der Waals surface area contributed by atoms with Gasteiger partial charge in [0, 0.05) is 17.8 Å². The lowest BCUT2D eigenvalue weighted by molar-refractivity contribution is -0.120. The minimum absolute atomic E-state index is 0.103. The molecule has 0 fully saturated rings. The Balaban J connectivity index is 1.53. The van der Waals surface area contributed by atoms with Gasteiger partial charge >= 0.3 is 0 Å². The Morgan fingerprint density at radius 2 is 1.70 bits per heavy atom. The summed E-state index contributed by atoms with van der Waals surface area (Å²) in [5, 5.41) is 5.61. The molecule has 3 rings (SSSR count). The highest BCUT2D eigenvalue weighted by Gasteiger charge is 2.08. The summed E-state index contributed by atoms with van der Waals surface area (Å²) in [5.74, 6) is -0.190. The quantitative estimate of drug-likeness (QED) is 0.585. The number of amides is 2. The Kier molecular flexibility index (Phi) is 7.16. The number of hydrogen-bond donors (Lipinski definition) is 2. The van der Waals surface area contributed by atoms with Crippen LogP contribution in [0.3, 0.4) is 0 Å². The molecule has 0 radical (unpaired) electrons. The van der Waals surface area contributed by atoms with Crippen LogP contribution in [0.2, 0.25) is 0 Å². The number of halogens is 1. The molecule has 3 aromatic carbocycles. The molecule has 0 aromatic heterocycles. The maximum atomic E-state index is 13.3. The summed E-state index contributed by atoms with van der Waals surface area (Å²) in [4.78, 5) is 24.5. The van der Waals surface area contributed by atoms with Crippen LogP contribution in [-0.2, 0) is 17.8 Å². The van der Waals surface area contributed by atoms with Gasteiger partial charge in [0.05, 0.1) is 13.0 Å². The Morgan fingerprint density at radius 3 is 2.43 bits per heavy atom. The van der Waals surface area contributed by atoms with Gasteiger partial charge in [0.2, 0.25) is 5.91 Å². The number of rotatable bonds is 8. The fraction of sp³-hybridized carbons (Fsp3) is 0.167. The molecule has 6 heteroatoms. The van der Waals surface area contributed by atoms with E-state index in [1.165, 1.54) is 18.2 Å². The van der Waals surface area contributed by atoms with Crippen LogP contribution in [0.1, 0.15) is 28.4 Å². The van der Waals surface area contributed by atoms with Gasteiger partial charge in [-0.1, -0.05) is 30.3 Å². The van der Waals surface area contributed by atoms with Crippen molar-refractivity contribution in [1.29, 1.82) is 0 Å². The molecule has 0 saturated heterocycles. The van der Waals surface area contributed by atoms with Crippen LogP contribution in [-0.4, -0.2) is 18.4 Å². The lowest BCUT2D eigenvalue weighted by Gasteiger charge is -2.09. The van der Waals surface area contributed by atoms with Crippen molar-refractivity contribution in [2.24, 2.45) is 0 Å². The Bertz CT molecular complexity index is 1020. The van der Waals surface area contributed by atoms with Crippen LogP contribution in [0.25, 0.3) is 0 Å². The van der Waals surface area contributed by atoms with E-state index in [1.807, 2.05) is 37.3 Å². The number of ether oxygens (including phenoxy) is 1. The van der Waals surface area contributed by atoms with E-state index in [-0.39, 0.29) is 17.9 Å². The number of hydrogen-bond acceptors (Lipinski definition) is 3. The topological polar surface area (TPSA) is 67.4 Å². The van der Waals surface area contributed by atoms with Crippen LogP contribution >= 0.6 is 0 Å². The zero-order chi connectivity index (χ0) is 21.3. The van der Waals surface area contributed by atoms with Crippen molar-refractivity contribution in [2.75, 3.05) is 11.9 Å². The molecule has 2 N–H and O–H groups in total. The smallest absolute Gasteiger partial charge is 0.255 e. The van der Waals surface area contributed by atoms with Gasteiger partial charge in [-0.2, -0.15) is 0 Å². The predicted octanol–water partition coefficient (Wildman–Crippen LogP) is 4.34. The van der Waals surface area contributed by atoms with Crippen molar-refractivity contribution in [3.8, 4) is 5.75 Å². The van der Waals surface area contributed by atoms with Gasteiger partial charge in [0.1, 0.15) is 11.6 Å². The highest BCUT2D eigenvalue weighted by atomic mass is 19.1. The largest absolute Gasteiger partial charge is 0.494 e. The molecule has 154 valence electrons. The van der Waals surface area contributed by atoms with E-state index in [9.17, 15) is 14.0 Å². The van der Waals surface area contributed by atoms with Gasteiger partial charge in [-0.25, -0.2) is 4.39 Å². The summed E-state index contributed by atoms with van der Waals surface area (Å²) >= 11 is 0. The van der Waals surface area contributed by atoms with Gasteiger partial charge in [-0.15, -0.1) is 0 Å². The predicted molar refractivity (Wildman–Crippen MR) is 114 cm³/mol. The molecule has 0 saturated carbocycles. The summed E-state index contributed by atoms with van der Waals surface area (Å²) in [5.41, 5.74) is 2.55. The molecule has 3 aromatic rings. The van der Waals surface area contributed by atoms with E-state index in [2.05, 4.69) is 10.6 Å². The first-order valence-electron chi connectivity index (χ1n) is 9.68. The first kappa shape index (κ1) is 21.0. The molecule has 0 aliphatic carbocycles. The standard InChI is InChI=1S/C24H23FN2O3/c1-2-30-22-11-9-17(10-12-22)14-23(28)26-16-18-5-3-8-21(13-18)27-24(29)19-6-4-7-20(25)15-19/h3-13,15H,2,14,16H2,1H3,(H,26,28)(H,27,29). The zero-order valence-corrected chi connectivity index (χ0v) is 16.7. The molecule has 0 spiro atoms. The van der Waals surface area contributed by atoms with Crippen LogP contribution < -0.4 is 15.4 Å². The highest BCUT2D eigenvalue weighted by molar-refractivity contribution is 6.04. The van der Waals surface area contributed by atoms with E-state index in [0.717, 1.165) is 16.9 Å². The van der Waals surface area contributed by atoms with Crippen LogP contribution in [0, 0.1) is 5.82 Å². The molecule has 5 nitrogen and oxygen atoms in total. The van der Waals surface area contributed by atoms with E-state index in [0.29, 0.717) is 18.8 Å². The summed E-state index contributed by atoms with van der Waals surface area (Å²) in [6, 6.07) is 20.1. The Hall–Kier alpha value is -3.67. The third-order valence-electron chi connectivity index (χ3n) is 4.36. The first-order valence-corrected chi connectivity index (χ1v) is 9.68. The SMILES string of the molecule is CCOc1ccc(CC(=O)NCc2cccc(NC(=O)c3cccc(F)c3)c2)cc1. The van der Waals surface area contributed by atoms with Crippen molar-refractivity contribution in [3.63, 3.8) is 0 Å². The molecule has 30 heavy (non-hydrogen) atoms. The normalized spacial score (nSPS) is 10.3. The summed E-state index contributed by atoms with van der Waals surface area (Å²) < 4.78 is 18.7. The van der Waals surface area contributed by atoms with Crippen LogP contribution in [0.15, 0.2) is 72.8 Å². The number of benzene rings is 3. The Labute approximate surface area is 174 Å². The summed E-state index contributed by atoms with van der Waals surface area (Å²) in [6.07, 6.45) is 0.266. The maximum Gasteiger partial charge on any atom is 0.255 e. The van der Waals surface area contributed by atoms with Crippen molar-refractivity contribution >= 4 is 17.5 Å². The average molecular weight is 406 g/mol. The van der Waals surface area contributed by atoms with Crippen LogP contribution in [0.5, 0.6) is 5.75 Å². The number of carbonyl (C=O) groups is 2. The molecule has 0 aliphatic heterocycles. The lowest BCUT2D eigenvalue weighted by Crippen LogP contribution is -2.24. The third kappa shape index (κ3) is 6.17. The molecule has 0 heterocycles. The fourth-order valence-electron chi connectivity index (χ4n) is 2.91. The highest BCUT2D eigenvalue weighted by Crippen LogP contribution is 2.14. The van der Waals surface area contributed by atoms with E-state index in [1.54, 1.807) is 24.3 Å². The van der Waals surface area contributed by atoms with Crippen molar-refractivity contribution < 1.29 is 18.7 Å². The maximum absolute atomic E-state index is 13.3. The minimum atomic E-state index is -0.466. The van der Waals surface area contributed by atoms with Gasteiger partial charge < -0.3 is 15.4 Å². The summed E-state index contributed by atoms with van der Waals surface area (Å²) in [6.45, 7) is 2.85. The second-order valence-corrected chi connectivity index (χ2v) is 6.70. The van der Waals surface area contributed by atoms with Gasteiger partial charge in [0.25, 0.3) is 5.91 Å². The molecular weight excluding hydrogens is 383 g/mol. The Morgan fingerprint density at radius 1 is 0.933 bits per heavy atom. The molecule has 0 aliphatic rings. The van der Waals surface area contributed by atoms with Crippen molar-refractivity contribution in [2.45, 2.75) is 19.9 Å². The zero-order valence-electron chi connectivity index (χ0n) is 16.7. The van der Waals surface area contributed by atoms with Gasteiger partial charge in [-0.3, -0.25) is 9.59 Å². The summed E-state index contributed by atoms with van der Waals surface area (Å²) in [7, 11) is 0. The van der Waals surface area contributed by atoms with E-state index < -0.39 is 11.7 Å². The van der Waals surface area contributed by atoms with Crippen LogP contribution in [0.4, 0.5) is 10.1 Å². The average Bonchev–Trinajstić information content (AvgIpc) is 2.74.